The van der Waals surface area contributed by atoms with Crippen molar-refractivity contribution in [2.24, 2.45) is 5.92 Å². The van der Waals surface area contributed by atoms with E-state index in [1.165, 1.54) is 57.7 Å². The van der Waals surface area contributed by atoms with E-state index < -0.39 is 0 Å². The molecule has 16 heavy (non-hydrogen) atoms. The molecule has 1 unspecified atom stereocenters. The molecule has 0 radical (unpaired) electrons. The molecule has 2 saturated heterocycles. The van der Waals surface area contributed by atoms with Crippen molar-refractivity contribution < 1.29 is 0 Å². The summed E-state index contributed by atoms with van der Waals surface area (Å²) in [6.45, 7) is 8.83. The molecule has 96 valence electrons. The predicted octanol–water partition coefficient (Wildman–Crippen LogP) is 2.24. The number of hydrogen-bond acceptors (Lipinski definition) is 3. The first-order valence-corrected chi connectivity index (χ1v) is 7.44. The van der Waals surface area contributed by atoms with Gasteiger partial charge in [-0.25, -0.2) is 0 Å². The number of rotatable bonds is 3. The molecule has 0 aliphatic carbocycles. The number of nitrogens with zero attached hydrogens (tertiary/aromatic N) is 1. The molecule has 0 bridgehead atoms. The van der Waals surface area contributed by atoms with Gasteiger partial charge in [-0.1, -0.05) is 6.92 Å². The second kappa shape index (κ2) is 7.80. The van der Waals surface area contributed by atoms with Crippen molar-refractivity contribution in [2.75, 3.05) is 38.5 Å². The van der Waals surface area contributed by atoms with Crippen molar-refractivity contribution in [1.29, 1.82) is 0 Å². The van der Waals surface area contributed by atoms with Crippen molar-refractivity contribution >= 4 is 24.2 Å². The molecule has 0 spiro atoms. The zero-order chi connectivity index (χ0) is 10.5. The molecule has 0 amide bonds. The average Bonchev–Trinajstić information content (AvgIpc) is 2.28. The fourth-order valence-electron chi connectivity index (χ4n) is 2.63. The Labute approximate surface area is 110 Å². The van der Waals surface area contributed by atoms with Gasteiger partial charge in [-0.15, -0.1) is 12.4 Å². The molecule has 4 heteroatoms. The molecule has 2 nitrogen and oxygen atoms in total. The topological polar surface area (TPSA) is 15.3 Å². The van der Waals surface area contributed by atoms with Crippen LogP contribution < -0.4 is 5.32 Å². The van der Waals surface area contributed by atoms with Crippen LogP contribution in [0, 0.1) is 5.92 Å². The van der Waals surface area contributed by atoms with Crippen LogP contribution in [0.15, 0.2) is 0 Å². The second-order valence-corrected chi connectivity index (χ2v) is 6.51. The van der Waals surface area contributed by atoms with E-state index in [-0.39, 0.29) is 12.4 Å². The van der Waals surface area contributed by atoms with E-state index in [1.807, 2.05) is 0 Å². The predicted molar refractivity (Wildman–Crippen MR) is 75.8 cm³/mol. The largest absolute Gasteiger partial charge is 0.317 e. The van der Waals surface area contributed by atoms with Crippen LogP contribution in [0.3, 0.4) is 0 Å². The first-order chi connectivity index (χ1) is 7.34. The molecule has 0 aromatic rings. The minimum atomic E-state index is 0. The Morgan fingerprint density at radius 2 is 2.06 bits per heavy atom. The van der Waals surface area contributed by atoms with Crippen LogP contribution in [0.4, 0.5) is 0 Å². The highest BCUT2D eigenvalue weighted by Gasteiger charge is 2.18. The van der Waals surface area contributed by atoms with E-state index in [1.54, 1.807) is 0 Å². The Morgan fingerprint density at radius 1 is 1.31 bits per heavy atom. The summed E-state index contributed by atoms with van der Waals surface area (Å²) in [5.41, 5.74) is 0. The van der Waals surface area contributed by atoms with Crippen molar-refractivity contribution in [3.8, 4) is 0 Å². The summed E-state index contributed by atoms with van der Waals surface area (Å²) in [5, 5.41) is 4.30. The zero-order valence-electron chi connectivity index (χ0n) is 10.3. The Kier molecular flexibility index (Phi) is 7.13. The molecular formula is C12H25ClN2S. The van der Waals surface area contributed by atoms with Crippen LogP contribution in [0.5, 0.6) is 0 Å². The highest BCUT2D eigenvalue weighted by atomic mass is 35.5. The van der Waals surface area contributed by atoms with Crippen LogP contribution in [-0.2, 0) is 0 Å². The van der Waals surface area contributed by atoms with Gasteiger partial charge in [0, 0.05) is 24.1 Å². The summed E-state index contributed by atoms with van der Waals surface area (Å²) in [7, 11) is 0. The molecule has 2 aliphatic heterocycles. The molecule has 2 heterocycles. The first kappa shape index (κ1) is 14.6. The number of nitrogens with one attached hydrogen (secondary N) is 1. The molecule has 0 aromatic heterocycles. The van der Waals surface area contributed by atoms with Crippen LogP contribution in [-0.4, -0.2) is 48.6 Å². The minimum absolute atomic E-state index is 0. The molecular weight excluding hydrogens is 240 g/mol. The monoisotopic (exact) mass is 264 g/mol. The van der Waals surface area contributed by atoms with Gasteiger partial charge in [0.2, 0.25) is 0 Å². The lowest BCUT2D eigenvalue weighted by Gasteiger charge is -2.32. The third-order valence-corrected chi connectivity index (χ3v) is 4.77. The fraction of sp³-hybridized carbons (Fsp3) is 1.00. The Hall–Kier alpha value is 0.560. The SMILES string of the molecule is CC1CN(CCC2CCNCC2)CCS1.Cl. The number of hydrogen-bond donors (Lipinski definition) is 1. The van der Waals surface area contributed by atoms with E-state index in [9.17, 15) is 0 Å². The van der Waals surface area contributed by atoms with E-state index in [0.717, 1.165) is 11.2 Å². The quantitative estimate of drug-likeness (QED) is 0.842. The lowest BCUT2D eigenvalue weighted by molar-refractivity contribution is 0.243. The standard InChI is InChI=1S/C12H24N2S.ClH/c1-11-10-14(8-9-15-11)7-4-12-2-5-13-6-3-12;/h11-13H,2-10H2,1H3;1H. The summed E-state index contributed by atoms with van der Waals surface area (Å²) >= 11 is 2.13. The Bertz CT molecular complexity index is 186. The zero-order valence-corrected chi connectivity index (χ0v) is 11.9. The summed E-state index contributed by atoms with van der Waals surface area (Å²) in [6.07, 6.45) is 4.23. The van der Waals surface area contributed by atoms with Crippen molar-refractivity contribution in [3.05, 3.63) is 0 Å². The van der Waals surface area contributed by atoms with Gasteiger partial charge in [-0.2, -0.15) is 11.8 Å². The minimum Gasteiger partial charge on any atom is -0.317 e. The van der Waals surface area contributed by atoms with Gasteiger partial charge in [0.05, 0.1) is 0 Å². The van der Waals surface area contributed by atoms with Crippen molar-refractivity contribution in [1.82, 2.24) is 10.2 Å². The molecule has 1 N–H and O–H groups in total. The van der Waals surface area contributed by atoms with E-state index in [4.69, 9.17) is 0 Å². The number of halogens is 1. The van der Waals surface area contributed by atoms with Crippen LogP contribution in [0.25, 0.3) is 0 Å². The maximum absolute atomic E-state index is 3.44. The third-order valence-electron chi connectivity index (χ3n) is 3.64. The van der Waals surface area contributed by atoms with Gasteiger partial charge in [-0.3, -0.25) is 0 Å². The summed E-state index contributed by atoms with van der Waals surface area (Å²) < 4.78 is 0. The highest BCUT2D eigenvalue weighted by Crippen LogP contribution is 2.20. The first-order valence-electron chi connectivity index (χ1n) is 6.39. The van der Waals surface area contributed by atoms with Crippen LogP contribution >= 0.6 is 24.2 Å². The maximum Gasteiger partial charge on any atom is 0.0147 e. The second-order valence-electron chi connectivity index (χ2n) is 4.96. The summed E-state index contributed by atoms with van der Waals surface area (Å²) in [4.78, 5) is 2.67. The number of thioether (sulfide) groups is 1. The van der Waals surface area contributed by atoms with E-state index in [0.29, 0.717) is 0 Å². The highest BCUT2D eigenvalue weighted by molar-refractivity contribution is 7.99. The van der Waals surface area contributed by atoms with Crippen molar-refractivity contribution in [2.45, 2.75) is 31.4 Å². The Balaban J connectivity index is 0.00000128. The van der Waals surface area contributed by atoms with Gasteiger partial charge in [-0.05, 0) is 44.8 Å². The van der Waals surface area contributed by atoms with Gasteiger partial charge < -0.3 is 10.2 Å². The van der Waals surface area contributed by atoms with Crippen molar-refractivity contribution in [3.63, 3.8) is 0 Å². The lowest BCUT2D eigenvalue weighted by atomic mass is 9.94. The van der Waals surface area contributed by atoms with Gasteiger partial charge in [0.25, 0.3) is 0 Å². The maximum atomic E-state index is 3.44. The van der Waals surface area contributed by atoms with Crippen LogP contribution in [0.2, 0.25) is 0 Å². The average molecular weight is 265 g/mol. The third kappa shape index (κ3) is 4.82. The molecule has 1 atom stereocenters. The lowest BCUT2D eigenvalue weighted by Crippen LogP contribution is -2.38. The van der Waals surface area contributed by atoms with Gasteiger partial charge in [0.15, 0.2) is 0 Å². The summed E-state index contributed by atoms with van der Waals surface area (Å²) in [5.74, 6) is 2.34. The molecule has 2 rings (SSSR count). The fourth-order valence-corrected chi connectivity index (χ4v) is 3.71. The van der Waals surface area contributed by atoms with E-state index in [2.05, 4.69) is 28.9 Å². The van der Waals surface area contributed by atoms with Gasteiger partial charge in [0.1, 0.15) is 0 Å². The molecule has 0 aromatic carbocycles. The Morgan fingerprint density at radius 3 is 2.75 bits per heavy atom. The molecule has 0 saturated carbocycles. The molecule has 2 fully saturated rings. The van der Waals surface area contributed by atoms with E-state index >= 15 is 0 Å². The normalized spacial score (nSPS) is 28.7. The smallest absolute Gasteiger partial charge is 0.0147 e. The number of piperidine rings is 1. The molecule has 2 aliphatic rings. The van der Waals surface area contributed by atoms with Gasteiger partial charge >= 0.3 is 0 Å². The summed E-state index contributed by atoms with van der Waals surface area (Å²) in [6, 6.07) is 0. The van der Waals surface area contributed by atoms with Crippen LogP contribution in [0.1, 0.15) is 26.2 Å².